The summed E-state index contributed by atoms with van der Waals surface area (Å²) < 4.78 is 0. The molecule has 0 saturated carbocycles. The van der Waals surface area contributed by atoms with Gasteiger partial charge in [0.05, 0.1) is 12.1 Å². The number of primary amides is 2. The van der Waals surface area contributed by atoms with Crippen molar-refractivity contribution in [3.8, 4) is 0 Å². The monoisotopic (exact) mass is 714 g/mol. The SMILES string of the molecule is CC(C)C[C@H](N)C(=O)N1CCC[C@H]1C(=O)N[C@@H](CCC(N)=O)C(=O)N[C@H](C(=O)N[C@@H](CCC(N)=O)C(=O)N[C@@H](CCC(=O)O)C(=O)O)[C@@H](C)O. The normalized spacial score (nSPS) is 17.7. The summed E-state index contributed by atoms with van der Waals surface area (Å²) in [5, 5.41) is 37.7. The lowest BCUT2D eigenvalue weighted by atomic mass is 10.0. The highest BCUT2D eigenvalue weighted by molar-refractivity contribution is 5.97. The summed E-state index contributed by atoms with van der Waals surface area (Å²) >= 11 is 0. The van der Waals surface area contributed by atoms with Gasteiger partial charge in [-0.2, -0.15) is 0 Å². The third-order valence-electron chi connectivity index (χ3n) is 7.83. The third-order valence-corrected chi connectivity index (χ3v) is 7.83. The van der Waals surface area contributed by atoms with Crippen LogP contribution in [0.2, 0.25) is 0 Å². The maximum atomic E-state index is 13.4. The van der Waals surface area contributed by atoms with E-state index in [-0.39, 0.29) is 31.7 Å². The molecule has 20 heteroatoms. The van der Waals surface area contributed by atoms with Gasteiger partial charge in [-0.25, -0.2) is 4.79 Å². The van der Waals surface area contributed by atoms with Crippen molar-refractivity contribution in [1.29, 1.82) is 0 Å². The second-order valence-corrected chi connectivity index (χ2v) is 12.6. The maximum Gasteiger partial charge on any atom is 0.326 e. The zero-order valence-corrected chi connectivity index (χ0v) is 28.4. The Morgan fingerprint density at radius 1 is 0.740 bits per heavy atom. The van der Waals surface area contributed by atoms with Crippen molar-refractivity contribution in [2.75, 3.05) is 6.54 Å². The molecule has 0 unspecified atom stereocenters. The minimum Gasteiger partial charge on any atom is -0.481 e. The number of carboxylic acids is 2. The van der Waals surface area contributed by atoms with E-state index in [1.165, 1.54) is 4.90 Å². The van der Waals surface area contributed by atoms with E-state index in [1.54, 1.807) is 0 Å². The van der Waals surface area contributed by atoms with Gasteiger partial charge in [0.25, 0.3) is 0 Å². The fourth-order valence-corrected chi connectivity index (χ4v) is 5.22. The van der Waals surface area contributed by atoms with Crippen LogP contribution >= 0.6 is 0 Å². The molecule has 1 heterocycles. The van der Waals surface area contributed by atoms with E-state index in [0.29, 0.717) is 12.8 Å². The van der Waals surface area contributed by atoms with Crippen molar-refractivity contribution in [2.24, 2.45) is 23.1 Å². The summed E-state index contributed by atoms with van der Waals surface area (Å²) in [6, 6.07) is -8.40. The minimum absolute atomic E-state index is 0.114. The minimum atomic E-state index is -1.79. The summed E-state index contributed by atoms with van der Waals surface area (Å²) in [6.07, 6.45) is -3.21. The summed E-state index contributed by atoms with van der Waals surface area (Å²) in [5.74, 6) is -8.97. The number of amides is 7. The molecule has 7 atom stereocenters. The molecule has 1 aliphatic rings. The van der Waals surface area contributed by atoms with Gasteiger partial charge in [0.15, 0.2) is 0 Å². The van der Waals surface area contributed by atoms with E-state index < -0.39 is 121 Å². The van der Waals surface area contributed by atoms with Crippen molar-refractivity contribution in [2.45, 2.75) is 121 Å². The van der Waals surface area contributed by atoms with Gasteiger partial charge >= 0.3 is 11.9 Å². The highest BCUT2D eigenvalue weighted by Crippen LogP contribution is 2.20. The molecule has 1 rings (SSSR count). The molecule has 1 fully saturated rings. The predicted octanol–water partition coefficient (Wildman–Crippen LogP) is -3.85. The molecule has 13 N–H and O–H groups in total. The van der Waals surface area contributed by atoms with E-state index in [0.717, 1.165) is 6.92 Å². The van der Waals surface area contributed by atoms with E-state index in [9.17, 15) is 53.4 Å². The number of carbonyl (C=O) groups is 9. The summed E-state index contributed by atoms with van der Waals surface area (Å²) in [7, 11) is 0. The molecule has 1 aliphatic heterocycles. The van der Waals surface area contributed by atoms with Crippen LogP contribution in [0.25, 0.3) is 0 Å². The number of likely N-dealkylation sites (tertiary alicyclic amines) is 1. The van der Waals surface area contributed by atoms with Gasteiger partial charge in [-0.3, -0.25) is 38.4 Å². The lowest BCUT2D eigenvalue weighted by Crippen LogP contribution is -2.61. The smallest absolute Gasteiger partial charge is 0.326 e. The van der Waals surface area contributed by atoms with E-state index >= 15 is 0 Å². The van der Waals surface area contributed by atoms with Gasteiger partial charge in [-0.05, 0) is 51.4 Å². The third kappa shape index (κ3) is 14.7. The summed E-state index contributed by atoms with van der Waals surface area (Å²) in [5.41, 5.74) is 16.5. The number of hydrogen-bond donors (Lipinski definition) is 10. The number of hydrogen-bond acceptors (Lipinski definition) is 11. The number of nitrogens with two attached hydrogens (primary N) is 3. The Morgan fingerprint density at radius 3 is 1.72 bits per heavy atom. The van der Waals surface area contributed by atoms with Crippen LogP contribution in [0, 0.1) is 5.92 Å². The first-order valence-electron chi connectivity index (χ1n) is 16.2. The number of aliphatic hydroxyl groups is 1. The first-order valence-corrected chi connectivity index (χ1v) is 16.2. The molecule has 0 aromatic carbocycles. The number of nitrogens with one attached hydrogen (secondary N) is 4. The van der Waals surface area contributed by atoms with Gasteiger partial charge in [-0.15, -0.1) is 0 Å². The van der Waals surface area contributed by atoms with Gasteiger partial charge in [0.1, 0.15) is 30.2 Å². The molecular formula is C30H50N8O12. The Morgan fingerprint density at radius 2 is 1.24 bits per heavy atom. The second kappa shape index (κ2) is 20.6. The van der Waals surface area contributed by atoms with Crippen LogP contribution in [0.15, 0.2) is 0 Å². The first kappa shape index (κ1) is 43.2. The number of aliphatic hydroxyl groups excluding tert-OH is 1. The van der Waals surface area contributed by atoms with Gasteiger partial charge < -0.3 is 58.7 Å². The molecule has 20 nitrogen and oxygen atoms in total. The molecule has 0 aliphatic carbocycles. The lowest BCUT2D eigenvalue weighted by molar-refractivity contribution is -0.144. The first-order chi connectivity index (χ1) is 23.2. The van der Waals surface area contributed by atoms with Gasteiger partial charge in [-0.1, -0.05) is 13.8 Å². The Hall–Kier alpha value is -4.85. The second-order valence-electron chi connectivity index (χ2n) is 12.6. The Balaban J connectivity index is 3.19. The number of carboxylic acid groups (broad SMARTS) is 2. The largest absolute Gasteiger partial charge is 0.481 e. The molecule has 50 heavy (non-hydrogen) atoms. The topological polar surface area (TPSA) is 344 Å². The number of nitrogens with zero attached hydrogens (tertiary/aromatic N) is 1. The molecule has 0 bridgehead atoms. The van der Waals surface area contributed by atoms with E-state index in [1.807, 2.05) is 13.8 Å². The standard InChI is InChI=1S/C30H50N8O12/c1-14(2)13-16(31)29(48)38-12-4-5-20(38)27(46)34-18(7-10-22(33)41)26(45)37-24(15(3)39)28(47)35-17(6-9-21(32)40)25(44)36-19(30(49)50)8-11-23(42)43/h14-20,24,39H,4-13,31H2,1-3H3,(H2,32,40)(H2,33,41)(H,34,46)(H,35,47)(H,36,44)(H,37,45)(H,42,43)(H,49,50)/t15-,16+,17+,18+,19+,20+,24+/m1/s1. The molecule has 0 spiro atoms. The van der Waals surface area contributed by atoms with Crippen LogP contribution in [0.3, 0.4) is 0 Å². The molecule has 0 aromatic rings. The van der Waals surface area contributed by atoms with Crippen molar-refractivity contribution in [3.63, 3.8) is 0 Å². The average Bonchev–Trinajstić information content (AvgIpc) is 3.50. The molecular weight excluding hydrogens is 664 g/mol. The predicted molar refractivity (Wildman–Crippen MR) is 173 cm³/mol. The van der Waals surface area contributed by atoms with E-state index in [2.05, 4.69) is 21.3 Å². The van der Waals surface area contributed by atoms with Crippen LogP contribution in [0.4, 0.5) is 0 Å². The van der Waals surface area contributed by atoms with Crippen molar-refractivity contribution >= 4 is 53.3 Å². The average molecular weight is 715 g/mol. The fourth-order valence-electron chi connectivity index (χ4n) is 5.22. The Kier molecular flexibility index (Phi) is 17.8. The zero-order valence-electron chi connectivity index (χ0n) is 28.4. The van der Waals surface area contributed by atoms with Crippen molar-refractivity contribution in [3.05, 3.63) is 0 Å². The molecule has 1 saturated heterocycles. The van der Waals surface area contributed by atoms with Crippen molar-refractivity contribution < 1.29 is 58.5 Å². The zero-order chi connectivity index (χ0) is 38.3. The Bertz CT molecular complexity index is 1280. The summed E-state index contributed by atoms with van der Waals surface area (Å²) in [4.78, 5) is 113. The molecule has 7 amide bonds. The van der Waals surface area contributed by atoms with Crippen LogP contribution < -0.4 is 38.5 Å². The number of aliphatic carboxylic acids is 2. The quantitative estimate of drug-likeness (QED) is 0.0514. The summed E-state index contributed by atoms with van der Waals surface area (Å²) in [6.45, 7) is 5.15. The molecule has 0 radical (unpaired) electrons. The number of rotatable bonds is 22. The van der Waals surface area contributed by atoms with E-state index in [4.69, 9.17) is 22.3 Å². The Labute approximate surface area is 288 Å². The fraction of sp³-hybridized carbons (Fsp3) is 0.700. The van der Waals surface area contributed by atoms with Gasteiger partial charge in [0.2, 0.25) is 41.4 Å². The van der Waals surface area contributed by atoms with Crippen molar-refractivity contribution in [1.82, 2.24) is 26.2 Å². The lowest BCUT2D eigenvalue weighted by Gasteiger charge is -2.30. The van der Waals surface area contributed by atoms with Gasteiger partial charge in [0, 0.05) is 25.8 Å². The highest BCUT2D eigenvalue weighted by Gasteiger charge is 2.39. The number of carbonyl (C=O) groups excluding carboxylic acids is 7. The molecule has 282 valence electrons. The highest BCUT2D eigenvalue weighted by atomic mass is 16.4. The maximum absolute atomic E-state index is 13.4. The molecule has 0 aromatic heterocycles. The van der Waals surface area contributed by atoms with Crippen LogP contribution in [-0.4, -0.2) is 122 Å². The van der Waals surface area contributed by atoms with Crippen LogP contribution in [-0.2, 0) is 43.2 Å². The van der Waals surface area contributed by atoms with Crippen LogP contribution in [0.5, 0.6) is 0 Å². The van der Waals surface area contributed by atoms with Crippen LogP contribution in [0.1, 0.15) is 78.6 Å².